The second kappa shape index (κ2) is 4.19. The molecule has 0 saturated carbocycles. The topological polar surface area (TPSA) is 26.0 Å². The zero-order chi connectivity index (χ0) is 10.8. The van der Waals surface area contributed by atoms with Crippen molar-refractivity contribution in [1.82, 2.24) is 5.16 Å². The summed E-state index contributed by atoms with van der Waals surface area (Å²) in [5, 5.41) is 3.86. The van der Waals surface area contributed by atoms with E-state index in [0.717, 1.165) is 21.4 Å². The molecule has 0 aliphatic carbocycles. The highest BCUT2D eigenvalue weighted by molar-refractivity contribution is 9.10. The third kappa shape index (κ3) is 2.12. The third-order valence-corrected chi connectivity index (χ3v) is 2.80. The van der Waals surface area contributed by atoms with E-state index in [4.69, 9.17) is 4.52 Å². The first-order chi connectivity index (χ1) is 7.18. The van der Waals surface area contributed by atoms with Crippen molar-refractivity contribution in [2.45, 2.75) is 19.8 Å². The lowest BCUT2D eigenvalue weighted by molar-refractivity contribution is 0.431. The molecule has 1 aromatic heterocycles. The van der Waals surface area contributed by atoms with Gasteiger partial charge in [0.05, 0.1) is 6.20 Å². The highest BCUT2D eigenvalue weighted by Gasteiger charge is 2.13. The van der Waals surface area contributed by atoms with Crippen molar-refractivity contribution in [3.8, 4) is 11.3 Å². The fraction of sp³-hybridized carbons (Fsp3) is 0.250. The first-order valence-corrected chi connectivity index (χ1v) is 5.68. The maximum absolute atomic E-state index is 5.30. The molecule has 0 unspecified atom stereocenters. The fourth-order valence-electron chi connectivity index (χ4n) is 1.51. The summed E-state index contributed by atoms with van der Waals surface area (Å²) >= 11 is 3.45. The fourth-order valence-corrected chi connectivity index (χ4v) is 1.91. The van der Waals surface area contributed by atoms with Crippen molar-refractivity contribution >= 4 is 15.9 Å². The van der Waals surface area contributed by atoms with Gasteiger partial charge in [0.1, 0.15) is 0 Å². The van der Waals surface area contributed by atoms with Crippen molar-refractivity contribution in [2.24, 2.45) is 0 Å². The average molecular weight is 266 g/mol. The molecule has 0 aliphatic heterocycles. The minimum absolute atomic E-state index is 0.422. The van der Waals surface area contributed by atoms with Crippen LogP contribution in [-0.2, 0) is 0 Å². The van der Waals surface area contributed by atoms with E-state index in [1.165, 1.54) is 0 Å². The van der Waals surface area contributed by atoms with E-state index in [2.05, 4.69) is 34.9 Å². The van der Waals surface area contributed by atoms with E-state index < -0.39 is 0 Å². The summed E-state index contributed by atoms with van der Waals surface area (Å²) in [4.78, 5) is 0. The van der Waals surface area contributed by atoms with E-state index in [1.807, 2.05) is 24.3 Å². The Kier molecular flexibility index (Phi) is 2.91. The minimum Gasteiger partial charge on any atom is -0.356 e. The van der Waals surface area contributed by atoms with Gasteiger partial charge in [-0.05, 0) is 18.1 Å². The molecule has 15 heavy (non-hydrogen) atoms. The van der Waals surface area contributed by atoms with Crippen LogP contribution in [0, 0.1) is 0 Å². The first kappa shape index (κ1) is 10.4. The number of halogens is 1. The Balaban J connectivity index is 2.49. The number of hydrogen-bond donors (Lipinski definition) is 0. The zero-order valence-corrected chi connectivity index (χ0v) is 10.3. The lowest BCUT2D eigenvalue weighted by Gasteiger charge is -2.04. The lowest BCUT2D eigenvalue weighted by atomic mass is 10.0. The molecule has 0 amide bonds. The summed E-state index contributed by atoms with van der Waals surface area (Å²) in [6.45, 7) is 4.27. The van der Waals surface area contributed by atoms with Crippen LogP contribution in [-0.4, -0.2) is 5.16 Å². The lowest BCUT2D eigenvalue weighted by Crippen LogP contribution is -1.87. The highest BCUT2D eigenvalue weighted by Crippen LogP contribution is 2.30. The van der Waals surface area contributed by atoms with E-state index in [1.54, 1.807) is 6.20 Å². The second-order valence-electron chi connectivity index (χ2n) is 3.78. The molecule has 1 aromatic carbocycles. The standard InChI is InChI=1S/C12H12BrNO/c1-8(2)11-7-14-15-12(11)9-4-3-5-10(13)6-9/h3-8H,1-2H3. The van der Waals surface area contributed by atoms with Crippen molar-refractivity contribution in [1.29, 1.82) is 0 Å². The van der Waals surface area contributed by atoms with E-state index in [-0.39, 0.29) is 0 Å². The molecule has 0 spiro atoms. The molecule has 2 aromatic rings. The van der Waals surface area contributed by atoms with Gasteiger partial charge in [-0.3, -0.25) is 0 Å². The quantitative estimate of drug-likeness (QED) is 0.813. The molecule has 0 radical (unpaired) electrons. The molecule has 0 fully saturated rings. The van der Waals surface area contributed by atoms with Gasteiger partial charge in [-0.15, -0.1) is 0 Å². The van der Waals surface area contributed by atoms with Crippen LogP contribution in [0.2, 0.25) is 0 Å². The molecular weight excluding hydrogens is 254 g/mol. The van der Waals surface area contributed by atoms with Gasteiger partial charge in [-0.2, -0.15) is 0 Å². The molecule has 78 valence electrons. The van der Waals surface area contributed by atoms with Gasteiger partial charge in [0, 0.05) is 15.6 Å². The SMILES string of the molecule is CC(C)c1cnoc1-c1cccc(Br)c1. The Morgan fingerprint density at radius 3 is 2.80 bits per heavy atom. The number of hydrogen-bond acceptors (Lipinski definition) is 2. The Morgan fingerprint density at radius 1 is 1.33 bits per heavy atom. The largest absolute Gasteiger partial charge is 0.356 e. The smallest absolute Gasteiger partial charge is 0.170 e. The molecule has 3 heteroatoms. The molecule has 0 saturated heterocycles. The predicted octanol–water partition coefficient (Wildman–Crippen LogP) is 4.23. The molecule has 0 bridgehead atoms. The second-order valence-corrected chi connectivity index (χ2v) is 4.69. The van der Waals surface area contributed by atoms with Crippen molar-refractivity contribution in [3.63, 3.8) is 0 Å². The predicted molar refractivity (Wildman–Crippen MR) is 63.7 cm³/mol. The van der Waals surface area contributed by atoms with Crippen LogP contribution in [0.15, 0.2) is 39.5 Å². The van der Waals surface area contributed by atoms with Crippen molar-refractivity contribution < 1.29 is 4.52 Å². The van der Waals surface area contributed by atoms with Gasteiger partial charge < -0.3 is 4.52 Å². The van der Waals surface area contributed by atoms with E-state index in [9.17, 15) is 0 Å². The number of aromatic nitrogens is 1. The molecule has 1 heterocycles. The van der Waals surface area contributed by atoms with Gasteiger partial charge in [-0.1, -0.05) is 47.1 Å². The maximum Gasteiger partial charge on any atom is 0.170 e. The molecule has 0 atom stereocenters. The van der Waals surface area contributed by atoms with Gasteiger partial charge in [-0.25, -0.2) is 0 Å². The van der Waals surface area contributed by atoms with Crippen LogP contribution in [0.25, 0.3) is 11.3 Å². The van der Waals surface area contributed by atoms with Crippen LogP contribution >= 0.6 is 15.9 Å². The van der Waals surface area contributed by atoms with E-state index in [0.29, 0.717) is 5.92 Å². The Bertz CT molecular complexity index is 462. The molecular formula is C12H12BrNO. The maximum atomic E-state index is 5.30. The first-order valence-electron chi connectivity index (χ1n) is 4.89. The van der Waals surface area contributed by atoms with Crippen molar-refractivity contribution in [3.05, 3.63) is 40.5 Å². The summed E-state index contributed by atoms with van der Waals surface area (Å²) in [7, 11) is 0. The van der Waals surface area contributed by atoms with Gasteiger partial charge >= 0.3 is 0 Å². The van der Waals surface area contributed by atoms with Crippen LogP contribution in [0.4, 0.5) is 0 Å². The Hall–Kier alpha value is -1.09. The molecule has 0 aliphatic rings. The summed E-state index contributed by atoms with van der Waals surface area (Å²) in [6, 6.07) is 8.05. The zero-order valence-electron chi connectivity index (χ0n) is 8.70. The summed E-state index contributed by atoms with van der Waals surface area (Å²) in [5.74, 6) is 1.29. The molecule has 0 N–H and O–H groups in total. The number of rotatable bonds is 2. The third-order valence-electron chi connectivity index (χ3n) is 2.31. The van der Waals surface area contributed by atoms with E-state index >= 15 is 0 Å². The summed E-state index contributed by atoms with van der Waals surface area (Å²) < 4.78 is 6.34. The van der Waals surface area contributed by atoms with Gasteiger partial charge in [0.25, 0.3) is 0 Å². The van der Waals surface area contributed by atoms with Crippen LogP contribution in [0.5, 0.6) is 0 Å². The minimum atomic E-state index is 0.422. The van der Waals surface area contributed by atoms with Crippen LogP contribution < -0.4 is 0 Å². The van der Waals surface area contributed by atoms with Gasteiger partial charge in [0.2, 0.25) is 0 Å². The molecule has 2 rings (SSSR count). The Morgan fingerprint density at radius 2 is 2.13 bits per heavy atom. The van der Waals surface area contributed by atoms with Crippen LogP contribution in [0.3, 0.4) is 0 Å². The van der Waals surface area contributed by atoms with Crippen molar-refractivity contribution in [2.75, 3.05) is 0 Å². The summed E-state index contributed by atoms with van der Waals surface area (Å²) in [6.07, 6.45) is 1.79. The summed E-state index contributed by atoms with van der Waals surface area (Å²) in [5.41, 5.74) is 2.21. The van der Waals surface area contributed by atoms with Crippen LogP contribution in [0.1, 0.15) is 25.3 Å². The normalized spacial score (nSPS) is 10.9. The number of nitrogens with zero attached hydrogens (tertiary/aromatic N) is 1. The highest BCUT2D eigenvalue weighted by atomic mass is 79.9. The average Bonchev–Trinajstić information content (AvgIpc) is 2.65. The van der Waals surface area contributed by atoms with Gasteiger partial charge in [0.15, 0.2) is 5.76 Å². The number of benzene rings is 1. The Labute approximate surface area is 97.4 Å². The monoisotopic (exact) mass is 265 g/mol. The molecule has 2 nitrogen and oxygen atoms in total.